The number of halogens is 2. The molecule has 0 radical (unpaired) electrons. The number of nitrogens with zero attached hydrogens (tertiary/aromatic N) is 2. The molecular formula is C20H26BrIN4. The molecule has 0 amide bonds. The molecule has 2 aromatic carbocycles. The topological polar surface area (TPSA) is 53.6 Å². The van der Waals surface area contributed by atoms with Crippen molar-refractivity contribution >= 4 is 57.2 Å². The number of hydrogen-bond acceptors (Lipinski definition) is 2. The van der Waals surface area contributed by atoms with E-state index >= 15 is 0 Å². The number of anilines is 2. The first-order chi connectivity index (χ1) is 12.1. The van der Waals surface area contributed by atoms with E-state index < -0.39 is 0 Å². The molecule has 1 atom stereocenters. The largest absolute Gasteiger partial charge is 0.371 e. The van der Waals surface area contributed by atoms with Crippen molar-refractivity contribution < 1.29 is 0 Å². The average molecular weight is 529 g/mol. The summed E-state index contributed by atoms with van der Waals surface area (Å²) in [5.74, 6) is 1.04. The third-order valence-corrected chi connectivity index (χ3v) is 5.13. The number of nitrogens with one attached hydrogen (secondary N) is 1. The fourth-order valence-electron chi connectivity index (χ4n) is 3.15. The normalized spacial score (nSPS) is 17.1. The van der Waals surface area contributed by atoms with Crippen molar-refractivity contribution in [3.63, 3.8) is 0 Å². The molecule has 0 spiro atoms. The molecule has 1 fully saturated rings. The molecular weight excluding hydrogens is 503 g/mol. The van der Waals surface area contributed by atoms with Gasteiger partial charge in [-0.25, -0.2) is 0 Å². The van der Waals surface area contributed by atoms with E-state index in [1.54, 1.807) is 0 Å². The van der Waals surface area contributed by atoms with Crippen molar-refractivity contribution in [3.05, 3.63) is 58.6 Å². The van der Waals surface area contributed by atoms with Crippen LogP contribution in [0.5, 0.6) is 0 Å². The highest BCUT2D eigenvalue weighted by molar-refractivity contribution is 14.0. The Morgan fingerprint density at radius 1 is 1.27 bits per heavy atom. The maximum absolute atomic E-state index is 6.06. The van der Waals surface area contributed by atoms with E-state index in [9.17, 15) is 0 Å². The summed E-state index contributed by atoms with van der Waals surface area (Å²) in [6.45, 7) is 5.02. The minimum Gasteiger partial charge on any atom is -0.371 e. The van der Waals surface area contributed by atoms with Crippen LogP contribution in [0.2, 0.25) is 0 Å². The van der Waals surface area contributed by atoms with Gasteiger partial charge in [0.2, 0.25) is 0 Å². The molecule has 0 bridgehead atoms. The van der Waals surface area contributed by atoms with Gasteiger partial charge in [0.05, 0.1) is 0 Å². The van der Waals surface area contributed by atoms with Crippen molar-refractivity contribution in [2.24, 2.45) is 16.6 Å². The van der Waals surface area contributed by atoms with Crippen molar-refractivity contribution in [3.8, 4) is 0 Å². The molecule has 3 N–H and O–H groups in total. The van der Waals surface area contributed by atoms with Crippen molar-refractivity contribution in [1.29, 1.82) is 0 Å². The molecule has 1 aliphatic heterocycles. The van der Waals surface area contributed by atoms with E-state index in [-0.39, 0.29) is 24.0 Å². The number of guanidine groups is 1. The second kappa shape index (κ2) is 10.2. The molecule has 1 aliphatic rings. The lowest BCUT2D eigenvalue weighted by molar-refractivity contribution is 0.603. The first kappa shape index (κ1) is 21.0. The minimum absolute atomic E-state index is 0. The zero-order chi connectivity index (χ0) is 17.6. The Morgan fingerprint density at radius 3 is 2.77 bits per heavy atom. The van der Waals surface area contributed by atoms with Crippen LogP contribution in [0, 0.1) is 5.92 Å². The summed E-state index contributed by atoms with van der Waals surface area (Å²) < 4.78 is 1.11. The maximum Gasteiger partial charge on any atom is 0.193 e. The lowest BCUT2D eigenvalue weighted by atomic mass is 10.1. The van der Waals surface area contributed by atoms with Crippen LogP contribution in [0.4, 0.5) is 11.4 Å². The first-order valence-electron chi connectivity index (χ1n) is 8.80. The quantitative estimate of drug-likeness (QED) is 0.330. The highest BCUT2D eigenvalue weighted by Crippen LogP contribution is 2.25. The first-order valence-corrected chi connectivity index (χ1v) is 9.59. The van der Waals surface area contributed by atoms with Gasteiger partial charge in [-0.1, -0.05) is 35.0 Å². The van der Waals surface area contributed by atoms with Gasteiger partial charge in [0, 0.05) is 35.5 Å². The number of aryl methyl sites for hydroxylation is 1. The lowest BCUT2D eigenvalue weighted by Gasteiger charge is -2.18. The van der Waals surface area contributed by atoms with E-state index in [2.05, 4.69) is 74.5 Å². The second-order valence-electron chi connectivity index (χ2n) is 6.48. The maximum atomic E-state index is 6.06. The fraction of sp³-hybridized carbons (Fsp3) is 0.350. The average Bonchev–Trinajstić information content (AvgIpc) is 3.10. The summed E-state index contributed by atoms with van der Waals surface area (Å²) in [6, 6.07) is 16.8. The molecule has 26 heavy (non-hydrogen) atoms. The molecule has 3 rings (SSSR count). The van der Waals surface area contributed by atoms with Crippen molar-refractivity contribution in [1.82, 2.24) is 0 Å². The van der Waals surface area contributed by atoms with E-state index in [1.807, 2.05) is 12.1 Å². The molecule has 6 heteroatoms. The predicted molar refractivity (Wildman–Crippen MR) is 126 cm³/mol. The van der Waals surface area contributed by atoms with Gasteiger partial charge in [-0.15, -0.1) is 24.0 Å². The van der Waals surface area contributed by atoms with Gasteiger partial charge >= 0.3 is 0 Å². The van der Waals surface area contributed by atoms with Gasteiger partial charge in [0.1, 0.15) is 0 Å². The summed E-state index contributed by atoms with van der Waals surface area (Å²) in [5, 5.41) is 3.20. The van der Waals surface area contributed by atoms with Gasteiger partial charge < -0.3 is 16.0 Å². The van der Waals surface area contributed by atoms with Crippen LogP contribution in [-0.4, -0.2) is 25.6 Å². The molecule has 1 unspecified atom stereocenters. The smallest absolute Gasteiger partial charge is 0.193 e. The van der Waals surface area contributed by atoms with Crippen LogP contribution in [0.3, 0.4) is 0 Å². The number of benzene rings is 2. The van der Waals surface area contributed by atoms with Crippen LogP contribution < -0.4 is 16.0 Å². The Balaban J connectivity index is 0.00000243. The van der Waals surface area contributed by atoms with E-state index in [1.165, 1.54) is 11.3 Å². The zero-order valence-electron chi connectivity index (χ0n) is 15.0. The lowest BCUT2D eigenvalue weighted by Crippen LogP contribution is -2.25. The molecule has 0 aromatic heterocycles. The highest BCUT2D eigenvalue weighted by atomic mass is 127. The van der Waals surface area contributed by atoms with E-state index in [0.717, 1.165) is 42.6 Å². The van der Waals surface area contributed by atoms with Gasteiger partial charge in [0.15, 0.2) is 5.96 Å². The molecule has 1 heterocycles. The number of aliphatic imine (C=N–C) groups is 1. The SMILES string of the molecule is CCc1cccc(NC(N)=NCC2CCN(c3ccc(Br)cc3)C2)c1.I. The number of nitrogens with two attached hydrogens (primary N) is 1. The Labute approximate surface area is 181 Å². The Hall–Kier alpha value is -1.28. The third kappa shape index (κ3) is 5.87. The molecule has 1 saturated heterocycles. The summed E-state index contributed by atoms with van der Waals surface area (Å²) >= 11 is 3.49. The third-order valence-electron chi connectivity index (χ3n) is 4.61. The monoisotopic (exact) mass is 528 g/mol. The minimum atomic E-state index is 0. The Kier molecular flexibility index (Phi) is 8.21. The summed E-state index contributed by atoms with van der Waals surface area (Å²) in [6.07, 6.45) is 2.17. The molecule has 140 valence electrons. The summed E-state index contributed by atoms with van der Waals surface area (Å²) in [4.78, 5) is 6.97. The number of rotatable bonds is 5. The van der Waals surface area contributed by atoms with Crippen LogP contribution in [-0.2, 0) is 6.42 Å². The summed E-state index contributed by atoms with van der Waals surface area (Å²) in [5.41, 5.74) is 9.63. The van der Waals surface area contributed by atoms with Crippen LogP contribution in [0.15, 0.2) is 58.0 Å². The highest BCUT2D eigenvalue weighted by Gasteiger charge is 2.22. The standard InChI is InChI=1S/C20H25BrN4.HI/c1-2-15-4-3-5-18(12-15)24-20(22)23-13-16-10-11-25(14-16)19-8-6-17(21)7-9-19;/h3-9,12,16H,2,10-11,13-14H2,1H3,(H3,22,23,24);1H. The van der Waals surface area contributed by atoms with Gasteiger partial charge in [-0.2, -0.15) is 0 Å². The van der Waals surface area contributed by atoms with E-state index in [0.29, 0.717) is 11.9 Å². The number of hydrogen-bond donors (Lipinski definition) is 2. The van der Waals surface area contributed by atoms with Gasteiger partial charge in [0.25, 0.3) is 0 Å². The van der Waals surface area contributed by atoms with Crippen molar-refractivity contribution in [2.75, 3.05) is 29.9 Å². The van der Waals surface area contributed by atoms with Crippen molar-refractivity contribution in [2.45, 2.75) is 19.8 Å². The second-order valence-corrected chi connectivity index (χ2v) is 7.40. The predicted octanol–water partition coefficient (Wildman–Crippen LogP) is 4.88. The fourth-order valence-corrected chi connectivity index (χ4v) is 3.42. The van der Waals surface area contributed by atoms with Gasteiger partial charge in [-0.3, -0.25) is 4.99 Å². The van der Waals surface area contributed by atoms with Crippen LogP contribution >= 0.6 is 39.9 Å². The molecule has 0 saturated carbocycles. The van der Waals surface area contributed by atoms with E-state index in [4.69, 9.17) is 5.73 Å². The Morgan fingerprint density at radius 2 is 2.04 bits per heavy atom. The zero-order valence-corrected chi connectivity index (χ0v) is 18.9. The Bertz CT molecular complexity index is 733. The van der Waals surface area contributed by atoms with Gasteiger partial charge in [-0.05, 0) is 60.7 Å². The molecule has 0 aliphatic carbocycles. The van der Waals surface area contributed by atoms with Crippen LogP contribution in [0.1, 0.15) is 18.9 Å². The summed E-state index contributed by atoms with van der Waals surface area (Å²) in [7, 11) is 0. The van der Waals surface area contributed by atoms with Crippen LogP contribution in [0.25, 0.3) is 0 Å². The molecule has 4 nitrogen and oxygen atoms in total. The molecule has 2 aromatic rings.